The molecule has 6 saturated carbocycles. The van der Waals surface area contributed by atoms with Crippen molar-refractivity contribution in [2.45, 2.75) is 205 Å². The highest BCUT2D eigenvalue weighted by Crippen LogP contribution is 2.74. The lowest BCUT2D eigenvalue weighted by Crippen LogP contribution is -2.79. The zero-order valence-electron chi connectivity index (χ0n) is 45.1. The molecule has 0 amide bonds. The summed E-state index contributed by atoms with van der Waals surface area (Å²) >= 11 is 0. The van der Waals surface area contributed by atoms with Crippen molar-refractivity contribution in [1.29, 1.82) is 0 Å². The van der Waals surface area contributed by atoms with Crippen molar-refractivity contribution < 1.29 is 34.4 Å². The van der Waals surface area contributed by atoms with Gasteiger partial charge >= 0.3 is 11.9 Å². The second-order valence-electron chi connectivity index (χ2n) is 27.0. The van der Waals surface area contributed by atoms with Crippen LogP contribution < -0.4 is 0 Å². The minimum atomic E-state index is -1.72. The molecule has 0 aromatic heterocycles. The molecule has 14 unspecified atom stereocenters. The Morgan fingerprint density at radius 2 is 1.43 bits per heavy atom. The Hall–Kier alpha value is -2.74. The van der Waals surface area contributed by atoms with E-state index in [2.05, 4.69) is 93.3 Å². The van der Waals surface area contributed by atoms with Gasteiger partial charge in [-0.1, -0.05) is 134 Å². The summed E-state index contributed by atoms with van der Waals surface area (Å²) in [4.78, 5) is 29.5. The number of fused-ring (bicyclic) bond motifs is 3. The largest absolute Gasteiger partial charge is 0.462 e. The summed E-state index contributed by atoms with van der Waals surface area (Å²) in [7, 11) is 4.03. The Balaban J connectivity index is 1.11. The Bertz CT molecular complexity index is 2420. The van der Waals surface area contributed by atoms with Gasteiger partial charge in [-0.25, -0.2) is 4.79 Å². The van der Waals surface area contributed by atoms with Gasteiger partial charge in [0.05, 0.1) is 34.1 Å². The van der Waals surface area contributed by atoms with Gasteiger partial charge in [0.1, 0.15) is 12.7 Å². The van der Waals surface area contributed by atoms with Crippen molar-refractivity contribution in [1.82, 2.24) is 0 Å². The van der Waals surface area contributed by atoms with E-state index in [0.29, 0.717) is 49.9 Å². The molecular formula is C65H88O7S2. The van der Waals surface area contributed by atoms with Crippen LogP contribution in [0.3, 0.4) is 0 Å². The van der Waals surface area contributed by atoms with Gasteiger partial charge in [0, 0.05) is 36.3 Å². The van der Waals surface area contributed by atoms with Crippen molar-refractivity contribution in [3.05, 3.63) is 83.4 Å². The summed E-state index contributed by atoms with van der Waals surface area (Å²) in [6.45, 7) is 7.00. The molecule has 7 nitrogen and oxygen atoms in total. The lowest BCUT2D eigenvalue weighted by molar-refractivity contribution is -0.339. The van der Waals surface area contributed by atoms with Crippen LogP contribution in [0.25, 0.3) is 0 Å². The maximum Gasteiger partial charge on any atom is 0.331 e. The summed E-state index contributed by atoms with van der Waals surface area (Å²) in [6.07, 6.45) is 21.3. The van der Waals surface area contributed by atoms with Crippen LogP contribution >= 0.6 is 21.6 Å². The number of aliphatic hydroxyl groups is 3. The highest BCUT2D eigenvalue weighted by molar-refractivity contribution is 8.76. The fourth-order valence-electron chi connectivity index (χ4n) is 19.5. The second kappa shape index (κ2) is 21.1. The number of esters is 2. The van der Waals surface area contributed by atoms with Crippen LogP contribution in [0, 0.1) is 79.8 Å². The number of carbonyl (C=O) groups is 2. The quantitative estimate of drug-likeness (QED) is 0.135. The first-order valence-corrected chi connectivity index (χ1v) is 32.1. The highest BCUT2D eigenvalue weighted by Gasteiger charge is 2.78. The number of ether oxygens (including phenoxy) is 2. The predicted octanol–water partition coefficient (Wildman–Crippen LogP) is 13.5. The summed E-state index contributed by atoms with van der Waals surface area (Å²) in [5.41, 5.74) is -1.95. The molecule has 2 aromatic carbocycles. The lowest BCUT2D eigenvalue weighted by atomic mass is 9.35. The molecule has 9 heteroatoms. The molecule has 3 spiro atoms. The van der Waals surface area contributed by atoms with Gasteiger partial charge in [-0.2, -0.15) is 0 Å². The van der Waals surface area contributed by atoms with E-state index in [-0.39, 0.29) is 54.1 Å². The lowest BCUT2D eigenvalue weighted by Gasteiger charge is -2.72. The zero-order valence-corrected chi connectivity index (χ0v) is 46.8. The van der Waals surface area contributed by atoms with Crippen LogP contribution in [-0.2, 0) is 31.9 Å². The highest BCUT2D eigenvalue weighted by atomic mass is 33.1. The van der Waals surface area contributed by atoms with E-state index in [1.54, 1.807) is 6.08 Å². The molecule has 11 rings (SSSR count). The summed E-state index contributed by atoms with van der Waals surface area (Å²) in [5, 5.41) is 42.0. The van der Waals surface area contributed by atoms with Gasteiger partial charge in [0.2, 0.25) is 0 Å². The Kier molecular flexibility index (Phi) is 15.2. The predicted molar refractivity (Wildman–Crippen MR) is 298 cm³/mol. The molecule has 3 aliphatic heterocycles. The van der Waals surface area contributed by atoms with Gasteiger partial charge in [-0.3, -0.25) is 4.79 Å². The second-order valence-corrected chi connectivity index (χ2v) is 29.6. The normalized spacial score (nSPS) is 42.5. The monoisotopic (exact) mass is 1040 g/mol. The van der Waals surface area contributed by atoms with Crippen molar-refractivity contribution >= 4 is 33.5 Å². The maximum absolute atomic E-state index is 16.8. The van der Waals surface area contributed by atoms with E-state index in [4.69, 9.17) is 9.47 Å². The minimum absolute atomic E-state index is 0.0446. The topological polar surface area (TPSA) is 113 Å². The number of hydrogen-bond acceptors (Lipinski definition) is 9. The summed E-state index contributed by atoms with van der Waals surface area (Å²) in [6, 6.07) is 21.9. The smallest absolute Gasteiger partial charge is 0.331 e. The van der Waals surface area contributed by atoms with Crippen LogP contribution in [0.4, 0.5) is 0 Å². The number of benzene rings is 2. The van der Waals surface area contributed by atoms with Crippen molar-refractivity contribution in [2.24, 2.45) is 68.0 Å². The van der Waals surface area contributed by atoms with Gasteiger partial charge in [-0.15, -0.1) is 5.92 Å². The Morgan fingerprint density at radius 1 is 0.743 bits per heavy atom. The Labute approximate surface area is 452 Å². The molecule has 74 heavy (non-hydrogen) atoms. The average molecular weight is 1050 g/mol. The summed E-state index contributed by atoms with van der Waals surface area (Å²) in [5.74, 6) is 9.87. The molecule has 3 N–H and O–H groups in total. The molecule has 6 aliphatic carbocycles. The molecule has 2 aromatic rings. The van der Waals surface area contributed by atoms with Crippen LogP contribution in [0.2, 0.25) is 0 Å². The van der Waals surface area contributed by atoms with E-state index < -0.39 is 51.5 Å². The fourth-order valence-corrected chi connectivity index (χ4v) is 22.5. The van der Waals surface area contributed by atoms with Crippen LogP contribution in [0.15, 0.2) is 72.3 Å². The standard InChI is InChI=1S/C65H88O7S2/c1-45-22-23-54(66)65-55(67)25-30-60(3,51-20-11-6-12-21-51)57(65)52-40-59(2,64(65,70)31-24-48-37-56(68)71-41-48)26-15-29-63(58(69)72-52)39-50(36-47-18-9-5-10-19-47)38-62(33-32-61(44-62)27-13-14-28-61)53(63)43-74-73-42-49(34-45)35-46-16-7-4-8-17-46/h4-5,7-10,16-19,37,45,49-55,57,66-67,70H,6,11-14,20-25,27-36,38-44H2,1-3H3. The first-order valence-electron chi connectivity index (χ1n) is 29.6. The van der Waals surface area contributed by atoms with Crippen LogP contribution in [-0.4, -0.2) is 69.3 Å². The first-order chi connectivity index (χ1) is 35.6. The van der Waals surface area contributed by atoms with Crippen molar-refractivity contribution in [3.8, 4) is 11.8 Å². The molecule has 7 fully saturated rings. The number of carbonyl (C=O) groups excluding carboxylic acids is 2. The summed E-state index contributed by atoms with van der Waals surface area (Å²) < 4.78 is 13.2. The van der Waals surface area contributed by atoms with E-state index in [1.807, 2.05) is 21.6 Å². The van der Waals surface area contributed by atoms with Crippen molar-refractivity contribution in [2.75, 3.05) is 18.1 Å². The van der Waals surface area contributed by atoms with Crippen LogP contribution in [0.5, 0.6) is 0 Å². The van der Waals surface area contributed by atoms with E-state index >= 15 is 4.79 Å². The molecule has 1 saturated heterocycles. The number of aliphatic hydroxyl groups excluding tert-OH is 2. The molecule has 402 valence electrons. The molecule has 9 aliphatic rings. The third-order valence-corrected chi connectivity index (χ3v) is 25.3. The number of rotatable bonds is 8. The van der Waals surface area contributed by atoms with E-state index in [9.17, 15) is 20.1 Å². The SMILES string of the molecule is CC1CCC(O)C23C(O)CCC(C)(C4CCCCC4)C2C2CC(C)(C#CCC4(CC(Cc5ccccc5)CC5(CCC6(CCCC6)C5)C4CSSCC(Cc4ccccc4)C1)C(=O)O2)C3(O)CCC1=CC(=O)OC1. The number of cyclic esters (lactones) is 1. The van der Waals surface area contributed by atoms with Crippen LogP contribution in [0.1, 0.15) is 180 Å². The number of hydrogen-bond donors (Lipinski definition) is 3. The fraction of sp³-hybridized carbons (Fsp3) is 0.723. The Morgan fingerprint density at radius 3 is 2.14 bits per heavy atom. The maximum atomic E-state index is 16.8. The van der Waals surface area contributed by atoms with Gasteiger partial charge < -0.3 is 24.8 Å². The first kappa shape index (κ1) is 53.3. The van der Waals surface area contributed by atoms with Gasteiger partial charge in [-0.05, 0) is 185 Å². The molecule has 4 bridgehead atoms. The third-order valence-electron chi connectivity index (χ3n) is 22.7. The van der Waals surface area contributed by atoms with E-state index in [0.717, 1.165) is 87.7 Å². The zero-order chi connectivity index (χ0) is 51.4. The van der Waals surface area contributed by atoms with E-state index in [1.165, 1.54) is 56.1 Å². The molecule has 3 heterocycles. The average Bonchev–Trinajstić information content (AvgIpc) is 4.14. The minimum Gasteiger partial charge on any atom is -0.462 e. The molecular weight excluding hydrogens is 957 g/mol. The third kappa shape index (κ3) is 9.40. The van der Waals surface area contributed by atoms with Gasteiger partial charge in [0.25, 0.3) is 0 Å². The molecule has 0 radical (unpaired) electrons. The van der Waals surface area contributed by atoms with Crippen molar-refractivity contribution in [3.63, 3.8) is 0 Å². The van der Waals surface area contributed by atoms with Gasteiger partial charge in [0.15, 0.2) is 0 Å². The molecule has 14 atom stereocenters.